The first-order chi connectivity index (χ1) is 14.6. The number of piperidine rings is 1. The number of hydrogen-bond donors (Lipinski definition) is 2. The Bertz CT molecular complexity index is 854. The van der Waals surface area contributed by atoms with Gasteiger partial charge in [0.25, 0.3) is 11.8 Å². The quantitative estimate of drug-likeness (QED) is 0.593. The summed E-state index contributed by atoms with van der Waals surface area (Å²) in [7, 11) is 0. The molecule has 0 aliphatic carbocycles. The van der Waals surface area contributed by atoms with Crippen LogP contribution in [0.25, 0.3) is 0 Å². The number of anilines is 1. The van der Waals surface area contributed by atoms with Crippen LogP contribution in [0.3, 0.4) is 0 Å². The summed E-state index contributed by atoms with van der Waals surface area (Å²) < 4.78 is 0. The van der Waals surface area contributed by atoms with E-state index in [1.807, 2.05) is 0 Å². The molecule has 3 rings (SSSR count). The second kappa shape index (κ2) is 11.2. The van der Waals surface area contributed by atoms with Crippen molar-refractivity contribution in [3.63, 3.8) is 0 Å². The van der Waals surface area contributed by atoms with Gasteiger partial charge in [-0.15, -0.1) is 10.2 Å². The largest absolute Gasteiger partial charge is 0.352 e. The number of nitrogens with zero attached hydrogens (tertiary/aromatic N) is 3. The van der Waals surface area contributed by atoms with Gasteiger partial charge >= 0.3 is 0 Å². The van der Waals surface area contributed by atoms with Crippen LogP contribution < -0.4 is 10.6 Å². The van der Waals surface area contributed by atoms with Gasteiger partial charge in [0.05, 0.1) is 0 Å². The summed E-state index contributed by atoms with van der Waals surface area (Å²) in [5, 5.41) is 15.0. The van der Waals surface area contributed by atoms with E-state index in [0.29, 0.717) is 28.8 Å². The zero-order valence-corrected chi connectivity index (χ0v) is 18.6. The second-order valence-electron chi connectivity index (χ2n) is 7.78. The van der Waals surface area contributed by atoms with E-state index in [1.165, 1.54) is 30.6 Å². The van der Waals surface area contributed by atoms with Crippen molar-refractivity contribution in [1.82, 2.24) is 20.4 Å². The van der Waals surface area contributed by atoms with Gasteiger partial charge in [-0.05, 0) is 57.4 Å². The minimum Gasteiger partial charge on any atom is -0.352 e. The van der Waals surface area contributed by atoms with Gasteiger partial charge in [0.15, 0.2) is 0 Å². The van der Waals surface area contributed by atoms with Gasteiger partial charge in [-0.2, -0.15) is 0 Å². The molecule has 8 heteroatoms. The maximum absolute atomic E-state index is 12.5. The Hall–Kier alpha value is -2.32. The molecule has 0 radical (unpaired) electrons. The van der Waals surface area contributed by atoms with Crippen LogP contribution in [0.15, 0.2) is 24.3 Å². The highest BCUT2D eigenvalue weighted by Crippen LogP contribution is 2.17. The fraction of sp³-hybridized carbons (Fsp3) is 0.545. The molecule has 2 amide bonds. The average Bonchev–Trinajstić information content (AvgIpc) is 3.21. The SMILES string of the molecule is CCCc1nnc(C(=O)Nc2cccc(C(=O)NCCCN3CCCC[C@H]3C)c2)s1. The summed E-state index contributed by atoms with van der Waals surface area (Å²) >= 11 is 1.30. The fourth-order valence-corrected chi connectivity index (χ4v) is 4.50. The topological polar surface area (TPSA) is 87.2 Å². The number of carbonyl (C=O) groups is 2. The van der Waals surface area contributed by atoms with E-state index in [1.54, 1.807) is 24.3 Å². The number of amides is 2. The summed E-state index contributed by atoms with van der Waals surface area (Å²) in [6, 6.07) is 7.61. The summed E-state index contributed by atoms with van der Waals surface area (Å²) in [5.41, 5.74) is 1.10. The molecule has 1 fully saturated rings. The number of aryl methyl sites for hydroxylation is 1. The van der Waals surface area contributed by atoms with Gasteiger partial charge < -0.3 is 15.5 Å². The molecule has 2 aromatic rings. The molecule has 0 unspecified atom stereocenters. The molecule has 1 aromatic heterocycles. The molecule has 1 aliphatic heterocycles. The fourth-order valence-electron chi connectivity index (χ4n) is 3.66. The van der Waals surface area contributed by atoms with Crippen molar-refractivity contribution >= 4 is 28.8 Å². The van der Waals surface area contributed by atoms with Gasteiger partial charge in [-0.25, -0.2) is 0 Å². The molecule has 0 spiro atoms. The van der Waals surface area contributed by atoms with Crippen molar-refractivity contribution in [2.75, 3.05) is 25.0 Å². The lowest BCUT2D eigenvalue weighted by molar-refractivity contribution is 0.0947. The van der Waals surface area contributed by atoms with Crippen LogP contribution in [0, 0.1) is 0 Å². The minimum atomic E-state index is -0.303. The van der Waals surface area contributed by atoms with Crippen LogP contribution in [0.4, 0.5) is 5.69 Å². The lowest BCUT2D eigenvalue weighted by Gasteiger charge is -2.33. The molecule has 1 aliphatic rings. The third kappa shape index (κ3) is 6.34. The molecule has 7 nitrogen and oxygen atoms in total. The van der Waals surface area contributed by atoms with Crippen molar-refractivity contribution in [2.24, 2.45) is 0 Å². The van der Waals surface area contributed by atoms with Crippen molar-refractivity contribution < 1.29 is 9.59 Å². The van der Waals surface area contributed by atoms with Gasteiger partial charge in [0.1, 0.15) is 5.01 Å². The molecular weight excluding hydrogens is 398 g/mol. The van der Waals surface area contributed by atoms with E-state index >= 15 is 0 Å². The number of aromatic nitrogens is 2. The first-order valence-electron chi connectivity index (χ1n) is 10.8. The standard InChI is InChI=1S/C22H31N5O2S/c1-3-8-19-25-26-22(30-19)21(29)24-18-11-6-10-17(15-18)20(28)23-12-7-14-27-13-5-4-9-16(27)2/h6,10-11,15-16H,3-5,7-9,12-14H2,1-2H3,(H,23,28)(H,24,29)/t16-/m1/s1. The molecule has 1 atom stereocenters. The summed E-state index contributed by atoms with van der Waals surface area (Å²) in [5.74, 6) is -0.429. The number of carbonyl (C=O) groups excluding carboxylic acids is 2. The Kier molecular flexibility index (Phi) is 8.33. The van der Waals surface area contributed by atoms with E-state index in [9.17, 15) is 9.59 Å². The molecule has 1 aromatic carbocycles. The Labute approximate surface area is 182 Å². The number of likely N-dealkylation sites (tertiary alicyclic amines) is 1. The van der Waals surface area contributed by atoms with Crippen LogP contribution in [0.2, 0.25) is 0 Å². The lowest BCUT2D eigenvalue weighted by atomic mass is 10.0. The summed E-state index contributed by atoms with van der Waals surface area (Å²) in [6.07, 6.45) is 6.57. The number of nitrogens with one attached hydrogen (secondary N) is 2. The molecule has 1 saturated heterocycles. The maximum Gasteiger partial charge on any atom is 0.286 e. The highest BCUT2D eigenvalue weighted by Gasteiger charge is 2.17. The lowest BCUT2D eigenvalue weighted by Crippen LogP contribution is -2.39. The zero-order chi connectivity index (χ0) is 21.3. The Balaban J connectivity index is 1.47. The molecule has 30 heavy (non-hydrogen) atoms. The number of benzene rings is 1. The summed E-state index contributed by atoms with van der Waals surface area (Å²) in [6.45, 7) is 7.16. The normalized spacial score (nSPS) is 16.9. The van der Waals surface area contributed by atoms with Crippen LogP contribution in [-0.4, -0.2) is 52.6 Å². The van der Waals surface area contributed by atoms with Gasteiger partial charge in [-0.3, -0.25) is 9.59 Å². The van der Waals surface area contributed by atoms with Crippen LogP contribution in [0.5, 0.6) is 0 Å². The first-order valence-corrected chi connectivity index (χ1v) is 11.6. The van der Waals surface area contributed by atoms with Crippen molar-refractivity contribution in [3.8, 4) is 0 Å². The van der Waals surface area contributed by atoms with Crippen LogP contribution in [0.1, 0.15) is 71.1 Å². The third-order valence-corrected chi connectivity index (χ3v) is 6.34. The third-order valence-electron chi connectivity index (χ3n) is 5.36. The van der Waals surface area contributed by atoms with Crippen molar-refractivity contribution in [1.29, 1.82) is 0 Å². The van der Waals surface area contributed by atoms with Crippen molar-refractivity contribution in [3.05, 3.63) is 39.8 Å². The van der Waals surface area contributed by atoms with Gasteiger partial charge in [-0.1, -0.05) is 30.7 Å². The zero-order valence-electron chi connectivity index (χ0n) is 17.8. The minimum absolute atomic E-state index is 0.126. The molecule has 2 heterocycles. The van der Waals surface area contributed by atoms with Gasteiger partial charge in [0, 0.05) is 36.8 Å². The highest BCUT2D eigenvalue weighted by molar-refractivity contribution is 7.13. The Morgan fingerprint density at radius 2 is 2.10 bits per heavy atom. The Morgan fingerprint density at radius 3 is 2.90 bits per heavy atom. The number of rotatable bonds is 9. The number of hydrogen-bond acceptors (Lipinski definition) is 6. The smallest absolute Gasteiger partial charge is 0.286 e. The molecule has 0 saturated carbocycles. The molecule has 2 N–H and O–H groups in total. The molecule has 162 valence electrons. The second-order valence-corrected chi connectivity index (χ2v) is 8.84. The van der Waals surface area contributed by atoms with E-state index in [4.69, 9.17) is 0 Å². The van der Waals surface area contributed by atoms with Crippen molar-refractivity contribution in [2.45, 2.75) is 58.4 Å². The van der Waals surface area contributed by atoms with E-state index in [-0.39, 0.29) is 11.8 Å². The van der Waals surface area contributed by atoms with Crippen LogP contribution >= 0.6 is 11.3 Å². The first kappa shape index (κ1) is 22.4. The van der Waals surface area contributed by atoms with E-state index < -0.39 is 0 Å². The van der Waals surface area contributed by atoms with Gasteiger partial charge in [0.2, 0.25) is 5.01 Å². The summed E-state index contributed by atoms with van der Waals surface area (Å²) in [4.78, 5) is 27.4. The van der Waals surface area contributed by atoms with Crippen LogP contribution in [-0.2, 0) is 6.42 Å². The average molecular weight is 430 g/mol. The predicted octanol–water partition coefficient (Wildman–Crippen LogP) is 3.74. The van der Waals surface area contributed by atoms with E-state index in [2.05, 4.69) is 39.6 Å². The highest BCUT2D eigenvalue weighted by atomic mass is 32.1. The van der Waals surface area contributed by atoms with E-state index in [0.717, 1.165) is 37.4 Å². The maximum atomic E-state index is 12.5. The monoisotopic (exact) mass is 429 g/mol. The molecule has 0 bridgehead atoms. The predicted molar refractivity (Wildman–Crippen MR) is 120 cm³/mol. The Morgan fingerprint density at radius 1 is 1.23 bits per heavy atom. The molecular formula is C22H31N5O2S.